The highest BCUT2D eigenvalue weighted by atomic mass is 32.2. The number of fused-ring (bicyclic) bond motifs is 1. The maximum absolute atomic E-state index is 13.0. The number of hydrogen-bond donors (Lipinski definition) is 3. The Morgan fingerprint density at radius 1 is 1.41 bits per heavy atom. The van der Waals surface area contributed by atoms with Crippen LogP contribution >= 0.6 is 0 Å². The number of nitrogens with two attached hydrogens (primary N) is 1. The number of sulfonamides is 1. The van der Waals surface area contributed by atoms with Gasteiger partial charge in [0.2, 0.25) is 10.0 Å². The van der Waals surface area contributed by atoms with Crippen LogP contribution in [0.15, 0.2) is 41.6 Å². The second-order valence-corrected chi connectivity index (χ2v) is 7.00. The molecular formula is C14H17N5O2S. The van der Waals surface area contributed by atoms with E-state index in [1.165, 1.54) is 4.31 Å². The van der Waals surface area contributed by atoms with E-state index in [9.17, 15) is 8.42 Å². The van der Waals surface area contributed by atoms with E-state index < -0.39 is 16.1 Å². The van der Waals surface area contributed by atoms with Crippen LogP contribution in [-0.2, 0) is 10.0 Å². The first kappa shape index (κ1) is 14.9. The summed E-state index contributed by atoms with van der Waals surface area (Å²) >= 11 is 0. The number of hydrogen-bond acceptors (Lipinski definition) is 5. The Hall–Kier alpha value is -2.03. The average Bonchev–Trinajstić information content (AvgIpc) is 2.54. The average molecular weight is 319 g/mol. The van der Waals surface area contributed by atoms with E-state index in [1.54, 1.807) is 30.6 Å². The second kappa shape index (κ2) is 5.64. The first-order chi connectivity index (χ1) is 10.5. The minimum Gasteiger partial charge on any atom is -0.386 e. The largest absolute Gasteiger partial charge is 0.386 e. The van der Waals surface area contributed by atoms with Crippen LogP contribution in [0.5, 0.6) is 0 Å². The van der Waals surface area contributed by atoms with Gasteiger partial charge in [-0.1, -0.05) is 12.1 Å². The summed E-state index contributed by atoms with van der Waals surface area (Å²) in [5.41, 5.74) is 5.57. The van der Waals surface area contributed by atoms with Crippen molar-refractivity contribution >= 4 is 26.6 Å². The molecule has 2 heterocycles. The van der Waals surface area contributed by atoms with Crippen molar-refractivity contribution in [2.24, 2.45) is 5.73 Å². The second-order valence-electron chi connectivity index (χ2n) is 5.14. The Morgan fingerprint density at radius 2 is 2.23 bits per heavy atom. The lowest BCUT2D eigenvalue weighted by molar-refractivity contribution is 0.318. The molecule has 1 atom stereocenters. The first-order valence-electron chi connectivity index (χ1n) is 6.91. The van der Waals surface area contributed by atoms with Crippen molar-refractivity contribution in [2.45, 2.75) is 10.9 Å². The fraction of sp³-hybridized carbons (Fsp3) is 0.286. The molecule has 1 saturated heterocycles. The van der Waals surface area contributed by atoms with E-state index in [0.717, 1.165) is 5.39 Å². The molecule has 0 saturated carbocycles. The summed E-state index contributed by atoms with van der Waals surface area (Å²) in [6, 6.07) is 6.13. The van der Waals surface area contributed by atoms with Gasteiger partial charge in [-0.25, -0.2) is 8.42 Å². The van der Waals surface area contributed by atoms with Gasteiger partial charge in [0.1, 0.15) is 5.84 Å². The van der Waals surface area contributed by atoms with Crippen LogP contribution in [0.3, 0.4) is 0 Å². The zero-order valence-electron chi connectivity index (χ0n) is 11.9. The van der Waals surface area contributed by atoms with Crippen molar-refractivity contribution in [1.29, 1.82) is 5.41 Å². The number of nitrogens with one attached hydrogen (secondary N) is 2. The summed E-state index contributed by atoms with van der Waals surface area (Å²) in [5, 5.41) is 12.1. The fourth-order valence-electron chi connectivity index (χ4n) is 2.68. The number of rotatable bonds is 3. The molecule has 1 fully saturated rings. The first-order valence-corrected chi connectivity index (χ1v) is 8.35. The molecule has 1 aliphatic heterocycles. The van der Waals surface area contributed by atoms with Gasteiger partial charge in [-0.05, 0) is 12.1 Å². The van der Waals surface area contributed by atoms with Crippen LogP contribution in [-0.4, -0.2) is 49.2 Å². The lowest BCUT2D eigenvalue weighted by Crippen LogP contribution is -2.58. The molecule has 8 heteroatoms. The van der Waals surface area contributed by atoms with Gasteiger partial charge in [-0.2, -0.15) is 4.31 Å². The van der Waals surface area contributed by atoms with Crippen molar-refractivity contribution in [3.8, 4) is 0 Å². The SMILES string of the molecule is N=C(N)C1CNCCN1S(=O)(=O)c1cccc2cnccc12. The third kappa shape index (κ3) is 2.45. The smallest absolute Gasteiger partial charge is 0.244 e. The summed E-state index contributed by atoms with van der Waals surface area (Å²) < 4.78 is 27.4. The molecule has 0 bridgehead atoms. The normalized spacial score (nSPS) is 20.1. The van der Waals surface area contributed by atoms with Crippen LogP contribution in [0.2, 0.25) is 0 Å². The van der Waals surface area contributed by atoms with Crippen molar-refractivity contribution in [3.63, 3.8) is 0 Å². The van der Waals surface area contributed by atoms with Crippen LogP contribution in [0.25, 0.3) is 10.8 Å². The van der Waals surface area contributed by atoms with E-state index in [-0.39, 0.29) is 17.3 Å². The molecule has 0 radical (unpaired) electrons. The molecule has 1 aliphatic rings. The van der Waals surface area contributed by atoms with E-state index >= 15 is 0 Å². The predicted octanol–water partition coefficient (Wildman–Crippen LogP) is 0.133. The predicted molar refractivity (Wildman–Crippen MR) is 84.2 cm³/mol. The summed E-state index contributed by atoms with van der Waals surface area (Å²) in [6.07, 6.45) is 3.20. The molecule has 2 aromatic rings. The van der Waals surface area contributed by atoms with Gasteiger partial charge in [0, 0.05) is 42.8 Å². The quantitative estimate of drug-likeness (QED) is 0.550. The molecule has 1 unspecified atom stereocenters. The number of piperazine rings is 1. The summed E-state index contributed by atoms with van der Waals surface area (Å²) in [7, 11) is -3.74. The number of benzene rings is 1. The number of aromatic nitrogens is 1. The van der Waals surface area contributed by atoms with E-state index in [4.69, 9.17) is 11.1 Å². The van der Waals surface area contributed by atoms with Gasteiger partial charge < -0.3 is 11.1 Å². The highest BCUT2D eigenvalue weighted by molar-refractivity contribution is 7.89. The van der Waals surface area contributed by atoms with Crippen LogP contribution in [0.4, 0.5) is 0 Å². The Kier molecular flexibility index (Phi) is 3.81. The number of pyridine rings is 1. The molecule has 7 nitrogen and oxygen atoms in total. The van der Waals surface area contributed by atoms with Gasteiger partial charge in [-0.15, -0.1) is 0 Å². The van der Waals surface area contributed by atoms with E-state index in [2.05, 4.69) is 10.3 Å². The number of nitrogens with zero attached hydrogens (tertiary/aromatic N) is 2. The maximum Gasteiger partial charge on any atom is 0.244 e. The third-order valence-electron chi connectivity index (χ3n) is 3.78. The van der Waals surface area contributed by atoms with Crippen LogP contribution in [0.1, 0.15) is 0 Å². The molecule has 3 rings (SSSR count). The molecular weight excluding hydrogens is 302 g/mol. The summed E-state index contributed by atoms with van der Waals surface area (Å²) in [5.74, 6) is -0.155. The van der Waals surface area contributed by atoms with Crippen molar-refractivity contribution < 1.29 is 8.42 Å². The third-order valence-corrected chi connectivity index (χ3v) is 5.75. The van der Waals surface area contributed by atoms with Gasteiger partial charge in [0.15, 0.2) is 0 Å². The summed E-state index contributed by atoms with van der Waals surface area (Å²) in [6.45, 7) is 1.17. The summed E-state index contributed by atoms with van der Waals surface area (Å²) in [4.78, 5) is 4.24. The van der Waals surface area contributed by atoms with E-state index in [1.807, 2.05) is 6.07 Å². The van der Waals surface area contributed by atoms with Crippen molar-refractivity contribution in [3.05, 3.63) is 36.7 Å². The van der Waals surface area contributed by atoms with Crippen molar-refractivity contribution in [1.82, 2.24) is 14.6 Å². The van der Waals surface area contributed by atoms with Gasteiger partial charge >= 0.3 is 0 Å². The van der Waals surface area contributed by atoms with Gasteiger partial charge in [-0.3, -0.25) is 10.4 Å². The lowest BCUT2D eigenvalue weighted by Gasteiger charge is -2.34. The Bertz CT molecular complexity index is 816. The van der Waals surface area contributed by atoms with Gasteiger partial charge in [0.25, 0.3) is 0 Å². The highest BCUT2D eigenvalue weighted by Gasteiger charge is 2.35. The molecule has 1 aromatic heterocycles. The Balaban J connectivity index is 2.13. The minimum absolute atomic E-state index is 0.155. The fourth-order valence-corrected chi connectivity index (χ4v) is 4.50. The minimum atomic E-state index is -3.74. The monoisotopic (exact) mass is 319 g/mol. The van der Waals surface area contributed by atoms with Crippen LogP contribution in [0, 0.1) is 5.41 Å². The molecule has 0 amide bonds. The maximum atomic E-state index is 13.0. The zero-order chi connectivity index (χ0) is 15.7. The zero-order valence-corrected chi connectivity index (χ0v) is 12.7. The molecule has 22 heavy (non-hydrogen) atoms. The molecule has 116 valence electrons. The highest BCUT2D eigenvalue weighted by Crippen LogP contribution is 2.26. The lowest BCUT2D eigenvalue weighted by atomic mass is 10.2. The van der Waals surface area contributed by atoms with E-state index in [0.29, 0.717) is 18.5 Å². The number of amidine groups is 1. The van der Waals surface area contributed by atoms with Crippen LogP contribution < -0.4 is 11.1 Å². The standard InChI is InChI=1S/C14H17N5O2S/c15-14(16)12-9-18-6-7-19(12)22(20,21)13-3-1-2-10-8-17-5-4-11(10)13/h1-5,8,12,18H,6-7,9H2,(H3,15,16). The topological polar surface area (TPSA) is 112 Å². The molecule has 0 aliphatic carbocycles. The van der Waals surface area contributed by atoms with Gasteiger partial charge in [0.05, 0.1) is 10.9 Å². The molecule has 0 spiro atoms. The molecule has 4 N–H and O–H groups in total. The Morgan fingerprint density at radius 3 is 3.00 bits per heavy atom. The Labute approximate surface area is 128 Å². The molecule has 1 aromatic carbocycles. The van der Waals surface area contributed by atoms with Crippen molar-refractivity contribution in [2.75, 3.05) is 19.6 Å².